The van der Waals surface area contributed by atoms with Crippen molar-refractivity contribution in [2.24, 2.45) is 0 Å². The lowest BCUT2D eigenvalue weighted by atomic mass is 10.2. The van der Waals surface area contributed by atoms with E-state index in [1.165, 1.54) is 0 Å². The number of hydrogen-bond acceptors (Lipinski definition) is 4. The number of benzene rings is 3. The third-order valence-corrected chi connectivity index (χ3v) is 8.13. The van der Waals surface area contributed by atoms with Gasteiger partial charge in [0, 0.05) is 14.7 Å². The Balaban J connectivity index is 2.33. The highest BCUT2D eigenvalue weighted by molar-refractivity contribution is 8.29. The zero-order chi connectivity index (χ0) is 18.8. The summed E-state index contributed by atoms with van der Waals surface area (Å²) in [7, 11) is -7.39. The normalized spacial score (nSPS) is 12.8. The van der Waals surface area contributed by atoms with E-state index in [2.05, 4.69) is 0 Å². The van der Waals surface area contributed by atoms with Gasteiger partial charge in [-0.2, -0.15) is 14.0 Å². The molecule has 0 saturated carbocycles. The summed E-state index contributed by atoms with van der Waals surface area (Å²) in [5.74, 6) is 0. The Hall–Kier alpha value is -1.86. The Morgan fingerprint density at radius 2 is 1.00 bits per heavy atom. The van der Waals surface area contributed by atoms with E-state index in [4.69, 9.17) is 3.74 Å². The lowest BCUT2D eigenvalue weighted by Gasteiger charge is -2.34. The molecule has 0 saturated heterocycles. The lowest BCUT2D eigenvalue weighted by molar-refractivity contribution is -1.91. The van der Waals surface area contributed by atoms with Gasteiger partial charge in [-0.25, -0.2) is 0 Å². The van der Waals surface area contributed by atoms with Crippen LogP contribution in [0.15, 0.2) is 93.5 Å². The topological polar surface area (TPSA) is 78.4 Å². The van der Waals surface area contributed by atoms with Crippen LogP contribution in [-0.4, -0.2) is 0 Å². The van der Waals surface area contributed by atoms with Crippen LogP contribution in [0.1, 0.15) is 11.1 Å². The molecule has 3 aromatic rings. The first kappa shape index (κ1) is 18.9. The second-order valence-corrected chi connectivity index (χ2v) is 9.72. The van der Waals surface area contributed by atoms with Crippen LogP contribution in [-0.2, 0) is 3.74 Å². The van der Waals surface area contributed by atoms with E-state index in [0.717, 1.165) is 11.1 Å². The number of aryl methyl sites for hydroxylation is 2. The Morgan fingerprint density at radius 3 is 1.38 bits per heavy atom. The second kappa shape index (κ2) is 7.40. The molecule has 136 valence electrons. The molecule has 3 rings (SSSR count). The summed E-state index contributed by atoms with van der Waals surface area (Å²) >= 11 is 0. The van der Waals surface area contributed by atoms with E-state index in [-0.39, 0.29) is 0 Å². The minimum absolute atomic E-state index is 0.639. The molecule has 0 fully saturated rings. The largest absolute Gasteiger partial charge is 0.182 e. The zero-order valence-electron chi connectivity index (χ0n) is 14.4. The molecule has 0 aromatic heterocycles. The van der Waals surface area contributed by atoms with Gasteiger partial charge in [-0.1, -0.05) is 53.6 Å². The van der Waals surface area contributed by atoms with Gasteiger partial charge in [0.2, 0.25) is 0 Å². The van der Waals surface area contributed by atoms with Gasteiger partial charge < -0.3 is 0 Å². The summed E-state index contributed by atoms with van der Waals surface area (Å²) in [6, 6.07) is 23.8. The number of halogens is 1. The predicted octanol–water partition coefficient (Wildman–Crippen LogP) is 2.41. The van der Waals surface area contributed by atoms with Crippen molar-refractivity contribution >= 4 is 10.3 Å². The van der Waals surface area contributed by atoms with E-state index in [1.54, 1.807) is 24.3 Å². The summed E-state index contributed by atoms with van der Waals surface area (Å²) in [4.78, 5) is 1.93. The lowest BCUT2D eigenvalue weighted by Crippen LogP contribution is -2.61. The van der Waals surface area contributed by atoms with Crippen molar-refractivity contribution in [1.82, 2.24) is 0 Å². The predicted molar refractivity (Wildman–Crippen MR) is 92.3 cm³/mol. The number of hydrogen-bond donors (Lipinski definition) is 0. The SMILES string of the molecule is Cc1ccc(S(O[Cl+3]([O-])([O-])[O-])(c2ccccc2)c2ccc(C)cc2)cc1. The quantitative estimate of drug-likeness (QED) is 0.670. The molecular formula is C20H19ClO4S. The molecule has 3 aromatic carbocycles. The molecule has 0 unspecified atom stereocenters. The Bertz CT molecular complexity index is 814. The van der Waals surface area contributed by atoms with E-state index >= 15 is 0 Å². The van der Waals surface area contributed by atoms with Crippen molar-refractivity contribution in [2.75, 3.05) is 0 Å². The van der Waals surface area contributed by atoms with Crippen LogP contribution in [0, 0.1) is 24.1 Å². The minimum atomic E-state index is -4.65. The molecular weight excluding hydrogens is 372 g/mol. The zero-order valence-corrected chi connectivity index (χ0v) is 16.0. The highest BCUT2D eigenvalue weighted by Crippen LogP contribution is 2.70. The molecule has 26 heavy (non-hydrogen) atoms. The fourth-order valence-corrected chi connectivity index (χ4v) is 6.90. The third kappa shape index (κ3) is 3.94. The van der Waals surface area contributed by atoms with E-state index in [9.17, 15) is 14.0 Å². The first-order valence-electron chi connectivity index (χ1n) is 7.95. The number of rotatable bonds is 5. The summed E-state index contributed by atoms with van der Waals surface area (Å²) < 4.78 is 40.5. The maximum absolute atomic E-state index is 11.7. The average molecular weight is 391 g/mol. The van der Waals surface area contributed by atoms with Crippen LogP contribution in [0.3, 0.4) is 0 Å². The third-order valence-electron chi connectivity index (χ3n) is 3.95. The van der Waals surface area contributed by atoms with Crippen LogP contribution in [0.2, 0.25) is 0 Å². The highest BCUT2D eigenvalue weighted by Gasteiger charge is 2.46. The van der Waals surface area contributed by atoms with Crippen LogP contribution in [0.25, 0.3) is 0 Å². The molecule has 0 atom stereocenters. The standard InChI is InChI=1S/C20H19ClO4S/c1-16-8-12-19(13-9-16)26(25-21(22,23)24,18-6-4-3-5-7-18)20-14-10-17(2)11-15-20/h3-15H,1-2H3. The van der Waals surface area contributed by atoms with E-state index in [1.807, 2.05) is 68.4 Å². The molecule has 0 radical (unpaired) electrons. The Labute approximate surface area is 157 Å². The van der Waals surface area contributed by atoms with Crippen molar-refractivity contribution in [3.63, 3.8) is 0 Å². The summed E-state index contributed by atoms with van der Waals surface area (Å²) in [6.45, 7) is 3.89. The van der Waals surface area contributed by atoms with Gasteiger partial charge in [0.15, 0.2) is 0 Å². The second-order valence-electron chi connectivity index (χ2n) is 5.94. The average Bonchev–Trinajstić information content (AvgIpc) is 2.61. The van der Waals surface area contributed by atoms with Crippen molar-refractivity contribution < 1.29 is 28.0 Å². The summed E-state index contributed by atoms with van der Waals surface area (Å²) in [6.07, 6.45) is 0. The van der Waals surface area contributed by atoms with E-state index in [0.29, 0.717) is 14.7 Å². The molecule has 0 bridgehead atoms. The Kier molecular flexibility index (Phi) is 5.39. The molecule has 6 heteroatoms. The van der Waals surface area contributed by atoms with Gasteiger partial charge in [-0.05, 0) is 50.2 Å². The van der Waals surface area contributed by atoms with Crippen LogP contribution < -0.4 is 14.0 Å². The molecule has 0 aliphatic heterocycles. The van der Waals surface area contributed by atoms with Gasteiger partial charge >= 0.3 is 0 Å². The molecule has 0 N–H and O–H groups in total. The molecule has 0 spiro atoms. The monoisotopic (exact) mass is 390 g/mol. The Morgan fingerprint density at radius 1 is 0.615 bits per heavy atom. The summed E-state index contributed by atoms with van der Waals surface area (Å²) in [5, 5.41) is 0. The van der Waals surface area contributed by atoms with Gasteiger partial charge in [-0.3, -0.25) is 0 Å². The highest BCUT2D eigenvalue weighted by atomic mass is 35.7. The molecule has 0 amide bonds. The first-order chi connectivity index (χ1) is 12.3. The maximum Gasteiger partial charge on any atom is 0.134 e. The van der Waals surface area contributed by atoms with Crippen LogP contribution >= 0.6 is 10.3 Å². The van der Waals surface area contributed by atoms with Crippen molar-refractivity contribution in [1.29, 1.82) is 0 Å². The smallest absolute Gasteiger partial charge is 0.134 e. The van der Waals surface area contributed by atoms with Crippen LogP contribution in [0.4, 0.5) is 0 Å². The van der Waals surface area contributed by atoms with Crippen molar-refractivity contribution in [3.8, 4) is 0 Å². The van der Waals surface area contributed by atoms with Gasteiger partial charge in [0.1, 0.15) is 3.74 Å². The molecule has 4 nitrogen and oxygen atoms in total. The maximum atomic E-state index is 11.7. The molecule has 0 aliphatic rings. The molecule has 0 aliphatic carbocycles. The molecule has 0 heterocycles. The van der Waals surface area contributed by atoms with Gasteiger partial charge in [0.05, 0.1) is 20.6 Å². The van der Waals surface area contributed by atoms with Crippen molar-refractivity contribution in [3.05, 3.63) is 90.0 Å². The minimum Gasteiger partial charge on any atom is -0.182 e. The van der Waals surface area contributed by atoms with Crippen molar-refractivity contribution in [2.45, 2.75) is 28.5 Å². The summed E-state index contributed by atoms with van der Waals surface area (Å²) in [5.41, 5.74) is 2.06. The first-order valence-corrected chi connectivity index (χ1v) is 10.7. The van der Waals surface area contributed by atoms with E-state index < -0.39 is 20.6 Å². The fourth-order valence-electron chi connectivity index (χ4n) is 2.71. The van der Waals surface area contributed by atoms with Gasteiger partial charge in [-0.15, -0.1) is 0 Å². The fraction of sp³-hybridized carbons (Fsp3) is 0.100. The van der Waals surface area contributed by atoms with Crippen LogP contribution in [0.5, 0.6) is 0 Å². The van der Waals surface area contributed by atoms with Gasteiger partial charge in [0.25, 0.3) is 0 Å².